The van der Waals surface area contributed by atoms with Crippen molar-refractivity contribution in [2.45, 2.75) is 6.92 Å². The highest BCUT2D eigenvalue weighted by atomic mass is 32.1. The maximum atomic E-state index is 11.0. The molecule has 0 aliphatic rings. The fraction of sp³-hybridized carbons (Fsp3) is 0.167. The molecule has 7 heteroatoms. The van der Waals surface area contributed by atoms with Crippen molar-refractivity contribution in [1.82, 2.24) is 25.1 Å². The van der Waals surface area contributed by atoms with Crippen molar-refractivity contribution in [2.75, 3.05) is 0 Å². The Morgan fingerprint density at radius 1 is 1.23 bits per heavy atom. The molecule has 0 aliphatic carbocycles. The van der Waals surface area contributed by atoms with E-state index < -0.39 is 0 Å². The van der Waals surface area contributed by atoms with Gasteiger partial charge in [-0.1, -0.05) is 12.2 Å². The minimum atomic E-state index is -0.387. The van der Waals surface area contributed by atoms with E-state index in [0.717, 1.165) is 0 Å². The summed E-state index contributed by atoms with van der Waals surface area (Å²) in [7, 11) is 0. The maximum Gasteiger partial charge on any atom is 0.284 e. The van der Waals surface area contributed by atoms with Gasteiger partial charge in [-0.15, -0.1) is 10.2 Å². The minimum absolute atomic E-state index is 0.0902. The van der Waals surface area contributed by atoms with Crippen LogP contribution in [-0.2, 0) is 0 Å². The number of nitrogens with one attached hydrogen (secondary N) is 2. The number of rotatable bonds is 0. The van der Waals surface area contributed by atoms with Crippen LogP contribution in [0.15, 0.2) is 4.79 Å². The number of hydrogen-bond donors (Lipinski definition) is 2. The normalized spacial score (nSPS) is 10.5. The van der Waals surface area contributed by atoms with Gasteiger partial charge in [-0.05, 0) is 6.92 Å². The number of H-pyrrole nitrogens is 2. The first kappa shape index (κ1) is 7.99. The Kier molecular flexibility index (Phi) is 1.66. The van der Waals surface area contributed by atoms with Crippen LogP contribution in [0.25, 0.3) is 11.3 Å². The van der Waals surface area contributed by atoms with Crippen LogP contribution in [-0.4, -0.2) is 25.1 Å². The molecule has 0 spiro atoms. The van der Waals surface area contributed by atoms with E-state index in [2.05, 4.69) is 25.1 Å². The SMILES string of the molecule is Cc1nnc2[nH]c(=O)c(=S)[nH]c2n1. The second-order valence-electron chi connectivity index (χ2n) is 2.46. The number of aromatic nitrogens is 5. The number of fused-ring (bicyclic) bond motifs is 1. The summed E-state index contributed by atoms with van der Waals surface area (Å²) in [4.78, 5) is 20.2. The van der Waals surface area contributed by atoms with Crippen molar-refractivity contribution in [2.24, 2.45) is 0 Å². The van der Waals surface area contributed by atoms with Gasteiger partial charge < -0.3 is 4.98 Å². The summed E-state index contributed by atoms with van der Waals surface area (Å²) in [5, 5.41) is 7.43. The molecule has 6 nitrogen and oxygen atoms in total. The Balaban J connectivity index is 2.97. The highest BCUT2D eigenvalue weighted by molar-refractivity contribution is 7.71. The van der Waals surface area contributed by atoms with E-state index in [-0.39, 0.29) is 10.2 Å². The first-order valence-corrected chi connectivity index (χ1v) is 3.91. The molecule has 2 N–H and O–H groups in total. The summed E-state index contributed by atoms with van der Waals surface area (Å²) in [5.41, 5.74) is 0.365. The molecule has 2 aromatic heterocycles. The van der Waals surface area contributed by atoms with Gasteiger partial charge in [0.05, 0.1) is 0 Å². The predicted octanol–water partition coefficient (Wildman–Crippen LogP) is 0.0791. The lowest BCUT2D eigenvalue weighted by Gasteiger charge is -1.94. The third-order valence-electron chi connectivity index (χ3n) is 1.46. The van der Waals surface area contributed by atoms with Crippen molar-refractivity contribution >= 4 is 23.5 Å². The number of aromatic amines is 2. The molecule has 0 aromatic carbocycles. The molecule has 2 heterocycles. The molecule has 0 radical (unpaired) electrons. The molecule has 66 valence electrons. The van der Waals surface area contributed by atoms with Crippen LogP contribution in [0, 0.1) is 11.6 Å². The number of nitrogens with zero attached hydrogens (tertiary/aromatic N) is 3. The van der Waals surface area contributed by atoms with Gasteiger partial charge in [0.15, 0.2) is 15.9 Å². The van der Waals surface area contributed by atoms with Gasteiger partial charge in [0.25, 0.3) is 5.56 Å². The Bertz CT molecular complexity index is 571. The highest BCUT2D eigenvalue weighted by Gasteiger charge is 1.99. The van der Waals surface area contributed by atoms with Gasteiger partial charge in [0, 0.05) is 0 Å². The van der Waals surface area contributed by atoms with Gasteiger partial charge >= 0.3 is 0 Å². The summed E-state index contributed by atoms with van der Waals surface area (Å²) in [6.45, 7) is 1.70. The molecule has 2 rings (SSSR count). The summed E-state index contributed by atoms with van der Waals surface area (Å²) < 4.78 is 0.0902. The zero-order valence-electron chi connectivity index (χ0n) is 6.66. The van der Waals surface area contributed by atoms with E-state index in [1.54, 1.807) is 6.92 Å². The quantitative estimate of drug-likeness (QED) is 0.581. The molecule has 0 saturated carbocycles. The second kappa shape index (κ2) is 2.70. The highest BCUT2D eigenvalue weighted by Crippen LogP contribution is 1.96. The largest absolute Gasteiger partial charge is 0.324 e. The lowest BCUT2D eigenvalue weighted by atomic mass is 10.6. The van der Waals surface area contributed by atoms with E-state index >= 15 is 0 Å². The molecule has 0 bridgehead atoms. The van der Waals surface area contributed by atoms with Gasteiger partial charge in [-0.2, -0.15) is 0 Å². The van der Waals surface area contributed by atoms with Crippen molar-refractivity contribution < 1.29 is 0 Å². The van der Waals surface area contributed by atoms with Crippen LogP contribution in [0.3, 0.4) is 0 Å². The maximum absolute atomic E-state index is 11.0. The Morgan fingerprint density at radius 3 is 2.77 bits per heavy atom. The number of aryl methyl sites for hydroxylation is 1. The second-order valence-corrected chi connectivity index (χ2v) is 2.87. The lowest BCUT2D eigenvalue weighted by Crippen LogP contribution is -2.10. The average molecular weight is 195 g/mol. The topological polar surface area (TPSA) is 87.3 Å². The molecule has 0 saturated heterocycles. The van der Waals surface area contributed by atoms with Gasteiger partial charge in [0.2, 0.25) is 0 Å². The summed E-state index contributed by atoms with van der Waals surface area (Å²) in [6, 6.07) is 0. The van der Waals surface area contributed by atoms with Crippen LogP contribution in [0.2, 0.25) is 0 Å². The van der Waals surface area contributed by atoms with Gasteiger partial charge in [-0.3, -0.25) is 9.78 Å². The smallest absolute Gasteiger partial charge is 0.284 e. The average Bonchev–Trinajstić information content (AvgIpc) is 2.08. The van der Waals surface area contributed by atoms with E-state index in [4.69, 9.17) is 12.2 Å². The van der Waals surface area contributed by atoms with Crippen LogP contribution in [0.1, 0.15) is 5.82 Å². The van der Waals surface area contributed by atoms with Crippen molar-refractivity contribution in [3.63, 3.8) is 0 Å². The Labute approximate surface area is 77.1 Å². The monoisotopic (exact) mass is 195 g/mol. The number of hydrogen-bond acceptors (Lipinski definition) is 5. The lowest BCUT2D eigenvalue weighted by molar-refractivity contribution is 0.918. The zero-order valence-corrected chi connectivity index (χ0v) is 7.47. The van der Waals surface area contributed by atoms with Gasteiger partial charge in [-0.25, -0.2) is 4.98 Å². The first-order chi connectivity index (χ1) is 6.16. The van der Waals surface area contributed by atoms with E-state index in [1.165, 1.54) is 0 Å². The first-order valence-electron chi connectivity index (χ1n) is 3.50. The summed E-state index contributed by atoms with van der Waals surface area (Å²) in [6.07, 6.45) is 0. The fourth-order valence-electron chi connectivity index (χ4n) is 0.907. The molecule has 0 fully saturated rings. The third-order valence-corrected chi connectivity index (χ3v) is 1.75. The van der Waals surface area contributed by atoms with Crippen LogP contribution < -0.4 is 5.56 Å². The van der Waals surface area contributed by atoms with E-state index in [9.17, 15) is 4.79 Å². The summed E-state index contributed by atoms with van der Waals surface area (Å²) >= 11 is 4.74. The van der Waals surface area contributed by atoms with E-state index in [1.807, 2.05) is 0 Å². The molecular weight excluding hydrogens is 190 g/mol. The van der Waals surface area contributed by atoms with E-state index in [0.29, 0.717) is 17.1 Å². The van der Waals surface area contributed by atoms with Gasteiger partial charge in [0.1, 0.15) is 5.82 Å². The molecular formula is C6H5N5OS. The van der Waals surface area contributed by atoms with Crippen molar-refractivity contribution in [3.05, 3.63) is 20.8 Å². The standard InChI is InChI=1S/C6H5N5OS/c1-2-7-3-4(11-10-2)8-5(12)6(13)9-3/h1H3,(H,8,11,12)(H,7,9,10,13). The molecule has 0 unspecified atom stereocenters. The third kappa shape index (κ3) is 1.33. The zero-order chi connectivity index (χ0) is 9.42. The van der Waals surface area contributed by atoms with Crippen LogP contribution in [0.4, 0.5) is 0 Å². The van der Waals surface area contributed by atoms with Crippen LogP contribution in [0.5, 0.6) is 0 Å². The molecule has 13 heavy (non-hydrogen) atoms. The summed E-state index contributed by atoms with van der Waals surface area (Å²) in [5.74, 6) is 0.519. The fourth-order valence-corrected chi connectivity index (χ4v) is 1.05. The molecule has 0 aliphatic heterocycles. The molecule has 2 aromatic rings. The Morgan fingerprint density at radius 2 is 2.00 bits per heavy atom. The predicted molar refractivity (Wildman–Crippen MR) is 47.9 cm³/mol. The van der Waals surface area contributed by atoms with Crippen LogP contribution >= 0.6 is 12.2 Å². The van der Waals surface area contributed by atoms with Crippen molar-refractivity contribution in [1.29, 1.82) is 0 Å². The molecule has 0 amide bonds. The van der Waals surface area contributed by atoms with Crippen molar-refractivity contribution in [3.8, 4) is 0 Å². The molecule has 0 atom stereocenters. The Hall–Kier alpha value is -1.63. The minimum Gasteiger partial charge on any atom is -0.324 e.